The van der Waals surface area contributed by atoms with Gasteiger partial charge in [-0.3, -0.25) is 4.79 Å². The fraction of sp³-hybridized carbons (Fsp3) is 0.308. The summed E-state index contributed by atoms with van der Waals surface area (Å²) in [6, 6.07) is 5.29. The maximum atomic E-state index is 13.0. The van der Waals surface area contributed by atoms with E-state index in [-0.39, 0.29) is 0 Å². The number of aliphatic hydroxyl groups excluding tert-OH is 1. The van der Waals surface area contributed by atoms with E-state index < -0.39 is 29.6 Å². The smallest absolute Gasteiger partial charge is 0.253 e. The van der Waals surface area contributed by atoms with Crippen molar-refractivity contribution in [1.82, 2.24) is 15.5 Å². The third-order valence-corrected chi connectivity index (χ3v) is 3.34. The van der Waals surface area contributed by atoms with Gasteiger partial charge >= 0.3 is 0 Å². The lowest BCUT2D eigenvalue weighted by Gasteiger charge is -2.22. The van der Waals surface area contributed by atoms with Gasteiger partial charge in [0.1, 0.15) is 12.8 Å². The average Bonchev–Trinajstić information content (AvgIpc) is 3.06. The second-order valence-electron chi connectivity index (χ2n) is 4.39. The summed E-state index contributed by atoms with van der Waals surface area (Å²) in [6.07, 6.45) is -0.0538. The van der Waals surface area contributed by atoms with Gasteiger partial charge in [-0.05, 0) is 5.56 Å². The van der Waals surface area contributed by atoms with Crippen LogP contribution in [0.25, 0.3) is 11.4 Å². The van der Waals surface area contributed by atoms with Gasteiger partial charge in [0.05, 0.1) is 6.04 Å². The number of halogens is 3. The number of nitrogens with one attached hydrogen (secondary N) is 1. The molecule has 1 aromatic heterocycles. The highest BCUT2D eigenvalue weighted by Crippen LogP contribution is 2.22. The first-order valence-corrected chi connectivity index (χ1v) is 7.09. The van der Waals surface area contributed by atoms with Gasteiger partial charge in [-0.2, -0.15) is 4.98 Å². The molecule has 0 fully saturated rings. The van der Waals surface area contributed by atoms with Gasteiger partial charge in [0, 0.05) is 5.56 Å². The van der Waals surface area contributed by atoms with Gasteiger partial charge in [0.15, 0.2) is 4.84 Å². The van der Waals surface area contributed by atoms with Gasteiger partial charge in [0.25, 0.3) is 5.91 Å². The van der Waals surface area contributed by atoms with E-state index in [4.69, 9.17) is 23.2 Å². The Hall–Kier alpha value is -1.70. The van der Waals surface area contributed by atoms with Crippen LogP contribution in [0.5, 0.6) is 0 Å². The first-order chi connectivity index (χ1) is 10.5. The molecule has 22 heavy (non-hydrogen) atoms. The van der Waals surface area contributed by atoms with Crippen LogP contribution < -0.4 is 5.32 Å². The number of hydrogen-bond acceptors (Lipinski definition) is 5. The molecule has 2 rings (SSSR count). The molecule has 0 aliphatic rings. The van der Waals surface area contributed by atoms with Crippen LogP contribution in [0.1, 0.15) is 11.7 Å². The molecule has 0 aliphatic heterocycles. The van der Waals surface area contributed by atoms with Crippen molar-refractivity contribution in [3.8, 4) is 11.4 Å². The molecule has 1 amide bonds. The zero-order chi connectivity index (χ0) is 16.1. The van der Waals surface area contributed by atoms with Crippen LogP contribution in [0, 0.1) is 0 Å². The zero-order valence-corrected chi connectivity index (χ0v) is 12.6. The van der Waals surface area contributed by atoms with Crippen molar-refractivity contribution in [1.29, 1.82) is 0 Å². The van der Waals surface area contributed by atoms with Crippen molar-refractivity contribution in [2.45, 2.75) is 17.0 Å². The number of rotatable bonds is 6. The lowest BCUT2D eigenvalue weighted by molar-refractivity contribution is -0.121. The molecule has 0 saturated carbocycles. The molecule has 0 saturated heterocycles. The van der Waals surface area contributed by atoms with Crippen LogP contribution in [0.3, 0.4) is 0 Å². The first-order valence-electron chi connectivity index (χ1n) is 6.22. The zero-order valence-electron chi connectivity index (χ0n) is 11.1. The number of carbonyl (C=O) groups is 1. The van der Waals surface area contributed by atoms with E-state index in [1.165, 1.54) is 6.39 Å². The van der Waals surface area contributed by atoms with Crippen LogP contribution in [-0.4, -0.2) is 38.7 Å². The largest absolute Gasteiger partial charge is 0.386 e. The summed E-state index contributed by atoms with van der Waals surface area (Å²) in [4.78, 5) is 13.9. The number of aliphatic hydroxyl groups is 1. The van der Waals surface area contributed by atoms with E-state index in [0.29, 0.717) is 17.0 Å². The van der Waals surface area contributed by atoms with E-state index >= 15 is 0 Å². The molecule has 1 aromatic carbocycles. The predicted molar refractivity (Wildman–Crippen MR) is 78.1 cm³/mol. The van der Waals surface area contributed by atoms with E-state index in [2.05, 4.69) is 20.0 Å². The van der Waals surface area contributed by atoms with Crippen LogP contribution in [0.15, 0.2) is 35.2 Å². The molecule has 0 unspecified atom stereocenters. The predicted octanol–water partition coefficient (Wildman–Crippen LogP) is 2.03. The normalized spacial score (nSPS) is 13.9. The van der Waals surface area contributed by atoms with Gasteiger partial charge in [-0.15, -0.1) is 0 Å². The summed E-state index contributed by atoms with van der Waals surface area (Å²) in [5, 5.41) is 16.1. The van der Waals surface area contributed by atoms with E-state index in [1.807, 2.05) is 0 Å². The highest BCUT2D eigenvalue weighted by molar-refractivity contribution is 6.53. The lowest BCUT2D eigenvalue weighted by Crippen LogP contribution is -2.43. The SMILES string of the molecule is O=C(N[C@H](CF)[C@H](O)c1ccc(-c2ncon2)cc1)C(Cl)Cl. The Morgan fingerprint density at radius 2 is 2.05 bits per heavy atom. The maximum Gasteiger partial charge on any atom is 0.253 e. The van der Waals surface area contributed by atoms with Crippen molar-refractivity contribution in [2.75, 3.05) is 6.67 Å². The highest BCUT2D eigenvalue weighted by atomic mass is 35.5. The van der Waals surface area contributed by atoms with Crippen LogP contribution >= 0.6 is 23.2 Å². The number of amides is 1. The highest BCUT2D eigenvalue weighted by Gasteiger charge is 2.25. The summed E-state index contributed by atoms with van der Waals surface area (Å²) < 4.78 is 17.7. The number of alkyl halides is 3. The second kappa shape index (κ2) is 7.53. The van der Waals surface area contributed by atoms with Crippen molar-refractivity contribution in [2.24, 2.45) is 0 Å². The molecule has 0 spiro atoms. The van der Waals surface area contributed by atoms with E-state index in [9.17, 15) is 14.3 Å². The summed E-state index contributed by atoms with van der Waals surface area (Å²) in [7, 11) is 0. The minimum absolute atomic E-state index is 0.392. The van der Waals surface area contributed by atoms with E-state index in [0.717, 1.165) is 0 Å². The van der Waals surface area contributed by atoms with Crippen molar-refractivity contribution >= 4 is 29.1 Å². The maximum absolute atomic E-state index is 13.0. The molecule has 0 radical (unpaired) electrons. The van der Waals surface area contributed by atoms with E-state index in [1.54, 1.807) is 24.3 Å². The second-order valence-corrected chi connectivity index (χ2v) is 5.49. The molecule has 2 N–H and O–H groups in total. The molecular weight excluding hydrogens is 336 g/mol. The number of aromatic nitrogens is 2. The third kappa shape index (κ3) is 3.94. The Balaban J connectivity index is 2.10. The van der Waals surface area contributed by atoms with Crippen molar-refractivity contribution < 1.29 is 18.8 Å². The molecule has 0 bridgehead atoms. The van der Waals surface area contributed by atoms with Crippen LogP contribution in [0.2, 0.25) is 0 Å². The summed E-state index contributed by atoms with van der Waals surface area (Å²) in [5.74, 6) is -0.378. The molecule has 0 aliphatic carbocycles. The Labute approximate surface area is 135 Å². The monoisotopic (exact) mass is 347 g/mol. The Kier molecular flexibility index (Phi) is 5.70. The number of carbonyl (C=O) groups excluding carboxylic acids is 1. The van der Waals surface area contributed by atoms with Gasteiger partial charge in [-0.25, -0.2) is 4.39 Å². The fourth-order valence-electron chi connectivity index (χ4n) is 1.81. The lowest BCUT2D eigenvalue weighted by atomic mass is 10.0. The van der Waals surface area contributed by atoms with Crippen LogP contribution in [-0.2, 0) is 4.79 Å². The Morgan fingerprint density at radius 3 is 2.55 bits per heavy atom. The quantitative estimate of drug-likeness (QED) is 0.780. The summed E-state index contributed by atoms with van der Waals surface area (Å²) in [5.41, 5.74) is 1.09. The van der Waals surface area contributed by atoms with Gasteiger partial charge < -0.3 is 14.9 Å². The average molecular weight is 348 g/mol. The molecular formula is C13H12Cl2FN3O3. The molecule has 9 heteroatoms. The number of hydrogen-bond donors (Lipinski definition) is 2. The molecule has 6 nitrogen and oxygen atoms in total. The minimum atomic E-state index is -1.33. The molecule has 2 atom stereocenters. The van der Waals surface area contributed by atoms with Crippen molar-refractivity contribution in [3.63, 3.8) is 0 Å². The Morgan fingerprint density at radius 1 is 1.36 bits per heavy atom. The number of benzene rings is 1. The molecule has 118 valence electrons. The third-order valence-electron chi connectivity index (χ3n) is 2.94. The standard InChI is InChI=1S/C13H12Cl2FN3O3/c14-11(15)13(21)18-9(5-16)10(20)7-1-3-8(4-2-7)12-17-6-22-19-12/h1-4,6,9-11,20H,5H2,(H,18,21)/t9-,10-/m1/s1. The van der Waals surface area contributed by atoms with Gasteiger partial charge in [0.2, 0.25) is 12.2 Å². The summed E-state index contributed by atoms with van der Waals surface area (Å²) in [6.45, 7) is -0.972. The molecule has 1 heterocycles. The van der Waals surface area contributed by atoms with Crippen molar-refractivity contribution in [3.05, 3.63) is 36.2 Å². The minimum Gasteiger partial charge on any atom is -0.386 e. The first kappa shape index (κ1) is 16.7. The number of nitrogens with zero attached hydrogens (tertiary/aromatic N) is 2. The fourth-order valence-corrected chi connectivity index (χ4v) is 1.93. The van der Waals surface area contributed by atoms with Gasteiger partial charge in [-0.1, -0.05) is 52.6 Å². The topological polar surface area (TPSA) is 88.2 Å². The Bertz CT molecular complexity index is 608. The summed E-state index contributed by atoms with van der Waals surface area (Å²) >= 11 is 10.8. The van der Waals surface area contributed by atoms with Crippen LogP contribution in [0.4, 0.5) is 4.39 Å². The molecule has 2 aromatic rings.